The van der Waals surface area contributed by atoms with Gasteiger partial charge in [0.25, 0.3) is 5.91 Å². The van der Waals surface area contributed by atoms with Crippen molar-refractivity contribution in [3.8, 4) is 0 Å². The topological polar surface area (TPSA) is 61.9 Å². The van der Waals surface area contributed by atoms with Gasteiger partial charge in [0.15, 0.2) is 0 Å². The summed E-state index contributed by atoms with van der Waals surface area (Å²) in [6.07, 6.45) is 3.48. The van der Waals surface area contributed by atoms with Gasteiger partial charge in [-0.1, -0.05) is 11.6 Å². The predicted molar refractivity (Wildman–Crippen MR) is 105 cm³/mol. The fraction of sp³-hybridized carbons (Fsp3) is 0.600. The molecule has 1 aromatic carbocycles. The summed E-state index contributed by atoms with van der Waals surface area (Å²) in [5, 5.41) is 3.16. The maximum absolute atomic E-state index is 13.2. The van der Waals surface area contributed by atoms with E-state index in [9.17, 15) is 14.0 Å². The lowest BCUT2D eigenvalue weighted by Crippen LogP contribution is -2.54. The van der Waals surface area contributed by atoms with Crippen LogP contribution in [-0.2, 0) is 4.74 Å². The van der Waals surface area contributed by atoms with E-state index in [1.165, 1.54) is 12.1 Å². The normalized spacial score (nSPS) is 21.4. The molecule has 2 fully saturated rings. The van der Waals surface area contributed by atoms with Gasteiger partial charge in [0.2, 0.25) is 0 Å². The van der Waals surface area contributed by atoms with Crippen LogP contribution in [-0.4, -0.2) is 66.7 Å². The second-order valence-corrected chi connectivity index (χ2v) is 7.76. The lowest BCUT2D eigenvalue weighted by Gasteiger charge is -2.42. The summed E-state index contributed by atoms with van der Waals surface area (Å²) in [5.41, 5.74) is 0.294. The Kier molecular flexibility index (Phi) is 7.13. The molecule has 1 N–H and O–H groups in total. The highest BCUT2D eigenvalue weighted by molar-refractivity contribution is 6.33. The first-order valence-electron chi connectivity index (χ1n) is 9.89. The van der Waals surface area contributed by atoms with Gasteiger partial charge in [0.1, 0.15) is 5.82 Å². The van der Waals surface area contributed by atoms with Crippen molar-refractivity contribution in [1.29, 1.82) is 0 Å². The second-order valence-electron chi connectivity index (χ2n) is 7.35. The third kappa shape index (κ3) is 5.14. The van der Waals surface area contributed by atoms with E-state index in [2.05, 4.69) is 10.2 Å². The minimum atomic E-state index is -0.459. The Bertz CT molecular complexity index is 710. The van der Waals surface area contributed by atoms with Crippen LogP contribution >= 0.6 is 11.6 Å². The highest BCUT2D eigenvalue weighted by Crippen LogP contribution is 2.23. The molecular formula is C20H27ClFN3O3. The summed E-state index contributed by atoms with van der Waals surface area (Å²) >= 11 is 6.00. The van der Waals surface area contributed by atoms with Crippen LogP contribution in [0.25, 0.3) is 0 Å². The Labute approximate surface area is 170 Å². The average Bonchev–Trinajstić information content (AvgIpc) is 2.68. The molecule has 6 nitrogen and oxygen atoms in total. The average molecular weight is 412 g/mol. The van der Waals surface area contributed by atoms with Gasteiger partial charge in [0.05, 0.1) is 17.2 Å². The first-order chi connectivity index (χ1) is 13.5. The molecule has 0 aliphatic carbocycles. The van der Waals surface area contributed by atoms with Crippen LogP contribution < -0.4 is 5.32 Å². The smallest absolute Gasteiger partial charge is 0.409 e. The number of rotatable bonds is 4. The predicted octanol–water partition coefficient (Wildman–Crippen LogP) is 3.29. The molecule has 0 saturated carbocycles. The number of ether oxygens (including phenoxy) is 1. The van der Waals surface area contributed by atoms with Crippen molar-refractivity contribution >= 4 is 23.6 Å². The maximum atomic E-state index is 13.2. The van der Waals surface area contributed by atoms with Crippen LogP contribution in [0.4, 0.5) is 9.18 Å². The molecule has 2 amide bonds. The molecule has 2 heterocycles. The molecule has 154 valence electrons. The Balaban J connectivity index is 1.52. The Morgan fingerprint density at radius 3 is 2.68 bits per heavy atom. The summed E-state index contributed by atoms with van der Waals surface area (Å²) in [6, 6.07) is 4.25. The molecule has 0 unspecified atom stereocenters. The van der Waals surface area contributed by atoms with Gasteiger partial charge in [-0.25, -0.2) is 9.18 Å². The van der Waals surface area contributed by atoms with Crippen LogP contribution in [0.3, 0.4) is 0 Å². The summed E-state index contributed by atoms with van der Waals surface area (Å²) in [7, 11) is 0. The molecule has 0 aromatic heterocycles. The van der Waals surface area contributed by atoms with E-state index >= 15 is 0 Å². The zero-order chi connectivity index (χ0) is 20.1. The highest BCUT2D eigenvalue weighted by atomic mass is 35.5. The largest absolute Gasteiger partial charge is 0.450 e. The third-order valence-electron chi connectivity index (χ3n) is 5.47. The molecular weight excluding hydrogens is 385 g/mol. The molecule has 0 spiro atoms. The molecule has 2 aliphatic rings. The fourth-order valence-electron chi connectivity index (χ4n) is 4.02. The van der Waals surface area contributed by atoms with E-state index in [4.69, 9.17) is 16.3 Å². The van der Waals surface area contributed by atoms with Gasteiger partial charge in [-0.2, -0.15) is 0 Å². The first kappa shape index (κ1) is 20.9. The molecule has 3 rings (SSSR count). The standard InChI is InChI=1S/C20H27ClFN3O3/c1-2-28-20(27)24-10-7-16(8-11-24)25-9-3-4-15(13-25)23-19(26)17-6-5-14(22)12-18(17)21/h5-6,12,15-16H,2-4,7-11,13H2,1H3,(H,23,26)/t15-/m0/s1. The molecule has 0 bridgehead atoms. The van der Waals surface area contributed by atoms with Crippen molar-refractivity contribution < 1.29 is 18.7 Å². The zero-order valence-electron chi connectivity index (χ0n) is 16.1. The number of carbonyl (C=O) groups excluding carboxylic acids is 2. The Morgan fingerprint density at radius 2 is 2.00 bits per heavy atom. The Hall–Kier alpha value is -1.86. The fourth-order valence-corrected chi connectivity index (χ4v) is 4.27. The summed E-state index contributed by atoms with van der Waals surface area (Å²) < 4.78 is 18.3. The molecule has 28 heavy (non-hydrogen) atoms. The quantitative estimate of drug-likeness (QED) is 0.825. The number of hydrogen-bond acceptors (Lipinski definition) is 4. The van der Waals surface area contributed by atoms with Crippen molar-refractivity contribution in [3.63, 3.8) is 0 Å². The monoisotopic (exact) mass is 411 g/mol. The number of likely N-dealkylation sites (tertiary alicyclic amines) is 2. The number of nitrogens with zero attached hydrogens (tertiary/aromatic N) is 2. The number of benzene rings is 1. The number of carbonyl (C=O) groups is 2. The molecule has 0 radical (unpaired) electrons. The van der Waals surface area contributed by atoms with Crippen molar-refractivity contribution in [2.75, 3.05) is 32.8 Å². The van der Waals surface area contributed by atoms with Crippen molar-refractivity contribution in [1.82, 2.24) is 15.1 Å². The maximum Gasteiger partial charge on any atom is 0.409 e. The van der Waals surface area contributed by atoms with Crippen molar-refractivity contribution in [2.45, 2.75) is 44.7 Å². The SMILES string of the molecule is CCOC(=O)N1CCC(N2CCC[C@H](NC(=O)c3ccc(F)cc3Cl)C2)CC1. The van der Waals surface area contributed by atoms with Gasteiger partial charge in [0, 0.05) is 31.7 Å². The first-order valence-corrected chi connectivity index (χ1v) is 10.3. The van der Waals surface area contributed by atoms with E-state index < -0.39 is 5.82 Å². The van der Waals surface area contributed by atoms with E-state index in [-0.39, 0.29) is 23.1 Å². The van der Waals surface area contributed by atoms with Crippen LogP contribution in [0, 0.1) is 5.82 Å². The zero-order valence-corrected chi connectivity index (χ0v) is 16.9. The van der Waals surface area contributed by atoms with Crippen LogP contribution in [0.2, 0.25) is 5.02 Å². The van der Waals surface area contributed by atoms with Crippen molar-refractivity contribution in [3.05, 3.63) is 34.6 Å². The summed E-state index contributed by atoms with van der Waals surface area (Å²) in [6.45, 7) is 5.36. The number of nitrogens with one attached hydrogen (secondary N) is 1. The van der Waals surface area contributed by atoms with E-state index in [1.54, 1.807) is 4.90 Å². The van der Waals surface area contributed by atoms with Gasteiger partial charge < -0.3 is 15.0 Å². The van der Waals surface area contributed by atoms with Gasteiger partial charge in [-0.3, -0.25) is 9.69 Å². The third-order valence-corrected chi connectivity index (χ3v) is 5.78. The Morgan fingerprint density at radius 1 is 1.25 bits per heavy atom. The second kappa shape index (κ2) is 9.56. The van der Waals surface area contributed by atoms with E-state index in [0.717, 1.165) is 44.8 Å². The minimum Gasteiger partial charge on any atom is -0.450 e. The van der Waals surface area contributed by atoms with Crippen LogP contribution in [0.5, 0.6) is 0 Å². The number of piperidine rings is 2. The number of hydrogen-bond donors (Lipinski definition) is 1. The molecule has 1 atom stereocenters. The van der Waals surface area contributed by atoms with Crippen LogP contribution in [0.1, 0.15) is 43.0 Å². The van der Waals surface area contributed by atoms with Crippen molar-refractivity contribution in [2.24, 2.45) is 0 Å². The summed E-state index contributed by atoms with van der Waals surface area (Å²) in [4.78, 5) is 28.5. The number of halogens is 2. The highest BCUT2D eigenvalue weighted by Gasteiger charge is 2.31. The lowest BCUT2D eigenvalue weighted by molar-refractivity contribution is 0.0601. The van der Waals surface area contributed by atoms with Gasteiger partial charge in [-0.05, 0) is 57.4 Å². The van der Waals surface area contributed by atoms with E-state index in [0.29, 0.717) is 31.3 Å². The lowest BCUT2D eigenvalue weighted by atomic mass is 9.98. The molecule has 8 heteroatoms. The van der Waals surface area contributed by atoms with Gasteiger partial charge >= 0.3 is 6.09 Å². The van der Waals surface area contributed by atoms with E-state index in [1.807, 2.05) is 6.92 Å². The molecule has 2 saturated heterocycles. The number of amides is 2. The van der Waals surface area contributed by atoms with Crippen LogP contribution in [0.15, 0.2) is 18.2 Å². The summed E-state index contributed by atoms with van der Waals surface area (Å²) in [5.74, 6) is -0.728. The minimum absolute atomic E-state index is 0.0328. The molecule has 1 aromatic rings. The van der Waals surface area contributed by atoms with Gasteiger partial charge in [-0.15, -0.1) is 0 Å². The molecule has 2 aliphatic heterocycles.